The monoisotopic (exact) mass is 733 g/mol. The largest absolute Gasteiger partial charge is 0.378 e. The van der Waals surface area contributed by atoms with Gasteiger partial charge >= 0.3 is 0 Å². The molecular weight excluding hydrogens is 685 g/mol. The van der Waals surface area contributed by atoms with Crippen LogP contribution in [0.3, 0.4) is 0 Å². The van der Waals surface area contributed by atoms with Crippen LogP contribution in [-0.4, -0.2) is 95.1 Å². The zero-order valence-electron chi connectivity index (χ0n) is 30.2. The number of aliphatic hydroxyl groups excluding tert-OH is 1. The van der Waals surface area contributed by atoms with Crippen molar-refractivity contribution < 1.29 is 19.1 Å². The van der Waals surface area contributed by atoms with Crippen molar-refractivity contribution in [3.63, 3.8) is 0 Å². The second-order valence-corrected chi connectivity index (χ2v) is 15.9. The van der Waals surface area contributed by atoms with Crippen molar-refractivity contribution in [3.8, 4) is 0 Å². The van der Waals surface area contributed by atoms with E-state index in [4.69, 9.17) is 11.6 Å². The molecule has 0 bridgehead atoms. The number of aliphatic hydroxyl groups is 1. The number of hydrogen-bond acceptors (Lipinski definition) is 8. The fraction of sp³-hybridized carbons (Fsp3) is 0.538. The zero-order valence-corrected chi connectivity index (χ0v) is 31.0. The summed E-state index contributed by atoms with van der Waals surface area (Å²) >= 11 is 6.32. The topological polar surface area (TPSA) is 123 Å². The Kier molecular flexibility index (Phi) is 10.3. The number of aromatic nitrogens is 2. The first kappa shape index (κ1) is 36.4. The van der Waals surface area contributed by atoms with Crippen LogP contribution in [0.15, 0.2) is 47.4 Å². The highest BCUT2D eigenvalue weighted by Crippen LogP contribution is 2.43. The maximum Gasteiger partial charge on any atom is 0.287 e. The molecule has 4 aliphatic heterocycles. The van der Waals surface area contributed by atoms with E-state index in [0.717, 1.165) is 69.4 Å². The summed E-state index contributed by atoms with van der Waals surface area (Å²) in [4.78, 5) is 43.9. The van der Waals surface area contributed by atoms with E-state index in [1.165, 1.54) is 10.2 Å². The minimum Gasteiger partial charge on any atom is -0.378 e. The van der Waals surface area contributed by atoms with Gasteiger partial charge in [-0.2, -0.15) is 5.10 Å². The number of likely N-dealkylation sites (tertiary alicyclic amines) is 2. The van der Waals surface area contributed by atoms with Crippen molar-refractivity contribution in [1.82, 2.24) is 24.9 Å². The number of likely N-dealkylation sites (N-methyl/N-ethyl adjacent to an activating group) is 1. The van der Waals surface area contributed by atoms with Crippen LogP contribution >= 0.6 is 11.6 Å². The number of halogens is 2. The van der Waals surface area contributed by atoms with Gasteiger partial charge in [0.05, 0.1) is 17.6 Å². The average molecular weight is 734 g/mol. The second kappa shape index (κ2) is 14.8. The predicted molar refractivity (Wildman–Crippen MR) is 199 cm³/mol. The number of anilines is 2. The highest BCUT2D eigenvalue weighted by atomic mass is 35.5. The molecule has 0 aliphatic carbocycles. The molecule has 11 nitrogen and oxygen atoms in total. The Morgan fingerprint density at radius 2 is 1.73 bits per heavy atom. The first-order valence-corrected chi connectivity index (χ1v) is 18.9. The number of rotatable bonds is 6. The zero-order chi connectivity index (χ0) is 36.7. The summed E-state index contributed by atoms with van der Waals surface area (Å²) in [5, 5.41) is 20.7. The molecule has 2 amide bonds. The third kappa shape index (κ3) is 7.43. The summed E-state index contributed by atoms with van der Waals surface area (Å²) in [7, 11) is 3.66. The lowest BCUT2D eigenvalue weighted by molar-refractivity contribution is -0.127. The molecule has 278 valence electrons. The van der Waals surface area contributed by atoms with Crippen molar-refractivity contribution in [3.05, 3.63) is 86.0 Å². The van der Waals surface area contributed by atoms with Crippen molar-refractivity contribution in [2.45, 2.75) is 76.0 Å². The summed E-state index contributed by atoms with van der Waals surface area (Å²) in [5.74, 6) is -0.468. The average Bonchev–Trinajstić information content (AvgIpc) is 3.13. The van der Waals surface area contributed by atoms with Gasteiger partial charge in [0.25, 0.3) is 11.5 Å². The number of benzene rings is 2. The lowest BCUT2D eigenvalue weighted by Gasteiger charge is -2.47. The highest BCUT2D eigenvalue weighted by Gasteiger charge is 2.39. The van der Waals surface area contributed by atoms with Gasteiger partial charge in [-0.3, -0.25) is 14.4 Å². The van der Waals surface area contributed by atoms with E-state index in [2.05, 4.69) is 44.7 Å². The van der Waals surface area contributed by atoms with Gasteiger partial charge in [0, 0.05) is 70.3 Å². The van der Waals surface area contributed by atoms with Crippen LogP contribution in [-0.2, 0) is 11.8 Å². The lowest BCUT2D eigenvalue weighted by atomic mass is 9.71. The molecule has 1 aromatic heterocycles. The van der Waals surface area contributed by atoms with Crippen molar-refractivity contribution in [1.29, 1.82) is 0 Å². The summed E-state index contributed by atoms with van der Waals surface area (Å²) < 4.78 is 16.7. The summed E-state index contributed by atoms with van der Waals surface area (Å²) in [6, 6.07) is 11.6. The number of aryl methyl sites for hydroxylation is 2. The first-order chi connectivity index (χ1) is 24.9. The quantitative estimate of drug-likeness (QED) is 0.336. The van der Waals surface area contributed by atoms with Crippen molar-refractivity contribution >= 4 is 34.8 Å². The van der Waals surface area contributed by atoms with Gasteiger partial charge in [-0.1, -0.05) is 23.7 Å². The standard InChI is InChI=1S/C39H49ClFN7O4/c1-24-18-33(31(41)20-30(24)29-8-9-34(49)44-36(29)50)47-14-10-39(11-15-47)12-16-48(17-13-39)37(51)26-6-4-25(5-7-26)27-19-28(23-45(2)22-27)43-32-21-42-46(3)38(52)35(32)40/h4-7,18,20-21,27-29,36,43,50H,8-17,19,22-23H2,1-3H3,(H,44,49). The van der Waals surface area contributed by atoms with Gasteiger partial charge < -0.3 is 30.4 Å². The van der Waals surface area contributed by atoms with Gasteiger partial charge in [0.1, 0.15) is 17.1 Å². The molecule has 7 rings (SSSR count). The van der Waals surface area contributed by atoms with Gasteiger partial charge in [-0.15, -0.1) is 0 Å². The number of carbonyl (C=O) groups excluding carboxylic acids is 2. The molecule has 13 heteroatoms. The molecular formula is C39H49ClFN7O4. The number of hydrogen-bond donors (Lipinski definition) is 3. The molecule has 4 saturated heterocycles. The third-order valence-corrected chi connectivity index (χ3v) is 12.4. The molecule has 3 N–H and O–H groups in total. The SMILES string of the molecule is Cc1cc(N2CCC3(CCN(C(=O)c4ccc(C5CC(Nc6cnn(C)c(=O)c6Cl)CN(C)C5)cc4)CC3)CC2)c(F)cc1C1CCC(=O)NC1O. The molecule has 2 aromatic carbocycles. The minimum absolute atomic E-state index is 0.0622. The van der Waals surface area contributed by atoms with Crippen LogP contribution in [0.5, 0.6) is 0 Å². The Balaban J connectivity index is 0.921. The molecule has 0 radical (unpaired) electrons. The minimum atomic E-state index is -1.00. The molecule has 1 spiro atoms. The molecule has 5 heterocycles. The van der Waals surface area contributed by atoms with Gasteiger partial charge in [-0.05, 0) is 105 Å². The van der Waals surface area contributed by atoms with Crippen LogP contribution in [0.25, 0.3) is 0 Å². The molecule has 3 aromatic rings. The van der Waals surface area contributed by atoms with E-state index in [1.807, 2.05) is 30.0 Å². The smallest absolute Gasteiger partial charge is 0.287 e. The lowest BCUT2D eigenvalue weighted by Crippen LogP contribution is -2.48. The maximum atomic E-state index is 15.5. The number of amides is 2. The van der Waals surface area contributed by atoms with Gasteiger partial charge in [-0.25, -0.2) is 9.07 Å². The Bertz CT molecular complexity index is 1870. The summed E-state index contributed by atoms with van der Waals surface area (Å²) in [6.45, 7) is 6.59. The fourth-order valence-electron chi connectivity index (χ4n) is 8.91. The predicted octanol–water partition coefficient (Wildman–Crippen LogP) is 4.62. The Hall–Kier alpha value is -4.00. The molecule has 4 unspecified atom stereocenters. The van der Waals surface area contributed by atoms with Gasteiger partial charge in [0.15, 0.2) is 0 Å². The molecule has 4 fully saturated rings. The van der Waals surface area contributed by atoms with E-state index in [1.54, 1.807) is 19.3 Å². The number of nitrogens with zero attached hydrogens (tertiary/aromatic N) is 5. The fourth-order valence-corrected chi connectivity index (χ4v) is 9.14. The van der Waals surface area contributed by atoms with Crippen LogP contribution in [0.2, 0.25) is 5.02 Å². The van der Waals surface area contributed by atoms with E-state index >= 15 is 4.39 Å². The first-order valence-electron chi connectivity index (χ1n) is 18.5. The summed E-state index contributed by atoms with van der Waals surface area (Å²) in [5.41, 5.74) is 4.50. The Morgan fingerprint density at radius 1 is 1.04 bits per heavy atom. The van der Waals surface area contributed by atoms with E-state index in [9.17, 15) is 19.5 Å². The summed E-state index contributed by atoms with van der Waals surface area (Å²) in [6.07, 6.45) is 6.04. The van der Waals surface area contributed by atoms with Crippen LogP contribution in [0.1, 0.15) is 83.8 Å². The third-order valence-electron chi connectivity index (χ3n) is 12.1. The normalized spacial score (nSPS) is 25.2. The highest BCUT2D eigenvalue weighted by molar-refractivity contribution is 6.32. The van der Waals surface area contributed by atoms with E-state index in [-0.39, 0.29) is 51.5 Å². The Morgan fingerprint density at radius 3 is 2.42 bits per heavy atom. The van der Waals surface area contributed by atoms with Crippen LogP contribution in [0, 0.1) is 18.2 Å². The van der Waals surface area contributed by atoms with E-state index < -0.39 is 6.23 Å². The Labute approximate surface area is 309 Å². The molecule has 0 saturated carbocycles. The number of carbonyl (C=O) groups is 2. The van der Waals surface area contributed by atoms with Crippen LogP contribution in [0.4, 0.5) is 15.8 Å². The molecule has 4 aliphatic rings. The molecule has 4 atom stereocenters. The number of nitrogens with one attached hydrogen (secondary N) is 2. The van der Waals surface area contributed by atoms with E-state index in [0.29, 0.717) is 42.9 Å². The number of piperidine rings is 4. The molecule has 52 heavy (non-hydrogen) atoms. The maximum absolute atomic E-state index is 15.5. The van der Waals surface area contributed by atoms with Crippen molar-refractivity contribution in [2.75, 3.05) is 56.5 Å². The van der Waals surface area contributed by atoms with Crippen LogP contribution < -0.4 is 21.1 Å². The van der Waals surface area contributed by atoms with Gasteiger partial charge in [0.2, 0.25) is 5.91 Å². The van der Waals surface area contributed by atoms with Crippen molar-refractivity contribution in [2.24, 2.45) is 12.5 Å². The second-order valence-electron chi connectivity index (χ2n) is 15.5.